The molecule has 6 nitrogen and oxygen atoms in total. The van der Waals surface area contributed by atoms with Crippen LogP contribution in [0, 0.1) is 5.82 Å². The van der Waals surface area contributed by atoms with Gasteiger partial charge in [-0.3, -0.25) is 0 Å². The van der Waals surface area contributed by atoms with Crippen molar-refractivity contribution >= 4 is 15.4 Å². The lowest BCUT2D eigenvalue weighted by molar-refractivity contribution is -0.159. The largest absolute Gasteiger partial charge is 0.497 e. The van der Waals surface area contributed by atoms with Crippen LogP contribution < -0.4 is 4.74 Å². The fourth-order valence-corrected chi connectivity index (χ4v) is 3.73. The molecule has 166 valence electrons. The number of methoxy groups -OCH3 is 1. The quantitative estimate of drug-likeness (QED) is 0.466. The second kappa shape index (κ2) is 7.83. The second-order valence-corrected chi connectivity index (χ2v) is 7.99. The first-order valence-corrected chi connectivity index (χ1v) is 9.55. The first kappa shape index (κ1) is 22.5. The number of rotatable bonds is 4. The third-order valence-electron chi connectivity index (χ3n) is 3.79. The summed E-state index contributed by atoms with van der Waals surface area (Å²) in [6, 6.07) is 6.19. The van der Waals surface area contributed by atoms with Crippen LogP contribution in [0.15, 0.2) is 56.2 Å². The number of ether oxygens (including phenoxy) is 1. The maximum Gasteiger partial charge on any atom is 0.484 e. The van der Waals surface area contributed by atoms with Crippen LogP contribution in [0.3, 0.4) is 0 Å². The highest BCUT2D eigenvalue weighted by Crippen LogP contribution is 2.37. The van der Waals surface area contributed by atoms with Gasteiger partial charge in [-0.1, -0.05) is 5.16 Å². The summed E-state index contributed by atoms with van der Waals surface area (Å²) in [5.41, 5.74) is -6.56. The summed E-state index contributed by atoms with van der Waals surface area (Å²) >= 11 is 0. The monoisotopic (exact) mass is 469 g/mol. The summed E-state index contributed by atoms with van der Waals surface area (Å²) < 4.78 is 117. The van der Waals surface area contributed by atoms with Gasteiger partial charge >= 0.3 is 17.6 Å². The molecule has 14 heteroatoms. The van der Waals surface area contributed by atoms with Crippen LogP contribution in [0.25, 0.3) is 11.4 Å². The van der Waals surface area contributed by atoms with Crippen molar-refractivity contribution < 1.29 is 44.2 Å². The van der Waals surface area contributed by atoms with Gasteiger partial charge in [-0.25, -0.2) is 8.60 Å². The van der Waals surface area contributed by atoms with Crippen LogP contribution in [-0.2, 0) is 15.9 Å². The van der Waals surface area contributed by atoms with Crippen LogP contribution in [0.4, 0.5) is 36.4 Å². The van der Waals surface area contributed by atoms with Crippen LogP contribution in [-0.4, -0.2) is 27.0 Å². The molecule has 0 aliphatic rings. The van der Waals surface area contributed by atoms with E-state index in [9.17, 15) is 34.9 Å². The standard InChI is InChI=1S/C17H10F7N3O3S/c1-29-10-3-5-11(6-4-10)31(28,17(22,23)24)27-9-2-7-12(13(18)8-9)14-25-15(30-26-14)16(19,20)21/h2-8H,1H3. The van der Waals surface area contributed by atoms with Crippen molar-refractivity contribution in [3.05, 3.63) is 54.2 Å². The van der Waals surface area contributed by atoms with E-state index in [1.54, 1.807) is 0 Å². The minimum Gasteiger partial charge on any atom is -0.497 e. The molecule has 0 bridgehead atoms. The van der Waals surface area contributed by atoms with Gasteiger partial charge in [-0.2, -0.15) is 35.7 Å². The summed E-state index contributed by atoms with van der Waals surface area (Å²) in [6.07, 6.45) is -4.96. The third kappa shape index (κ3) is 4.47. The number of aromatic nitrogens is 2. The Hall–Kier alpha value is -3.16. The Morgan fingerprint density at radius 2 is 1.68 bits per heavy atom. The van der Waals surface area contributed by atoms with Gasteiger partial charge < -0.3 is 9.26 Å². The number of hydrogen-bond donors (Lipinski definition) is 0. The molecule has 0 saturated carbocycles. The third-order valence-corrected chi connectivity index (χ3v) is 5.80. The number of benzene rings is 2. The summed E-state index contributed by atoms with van der Waals surface area (Å²) in [7, 11) is -3.78. The molecule has 3 aromatic rings. The van der Waals surface area contributed by atoms with E-state index in [-0.39, 0.29) is 5.75 Å². The van der Waals surface area contributed by atoms with Crippen molar-refractivity contribution in [2.75, 3.05) is 7.11 Å². The van der Waals surface area contributed by atoms with Gasteiger partial charge in [0.25, 0.3) is 0 Å². The molecule has 31 heavy (non-hydrogen) atoms. The molecule has 0 radical (unpaired) electrons. The SMILES string of the molecule is COc1ccc(S(=O)(=Nc2ccc(-c3noc(C(F)(F)F)n3)c(F)c2)C(F)(F)F)cc1. The second-order valence-electron chi connectivity index (χ2n) is 5.82. The zero-order valence-electron chi connectivity index (χ0n) is 15.2. The van der Waals surface area contributed by atoms with Gasteiger partial charge in [0, 0.05) is 6.07 Å². The highest BCUT2D eigenvalue weighted by atomic mass is 32.2. The normalized spacial score (nSPS) is 14.2. The first-order chi connectivity index (χ1) is 14.3. The minimum atomic E-state index is -5.31. The predicted molar refractivity (Wildman–Crippen MR) is 92.2 cm³/mol. The number of halogens is 7. The van der Waals surface area contributed by atoms with Crippen molar-refractivity contribution in [2.45, 2.75) is 16.6 Å². The fraction of sp³-hybridized carbons (Fsp3) is 0.176. The van der Waals surface area contributed by atoms with E-state index in [1.807, 2.05) is 0 Å². The van der Waals surface area contributed by atoms with E-state index in [0.29, 0.717) is 6.07 Å². The van der Waals surface area contributed by atoms with Crippen molar-refractivity contribution in [2.24, 2.45) is 4.36 Å². The Morgan fingerprint density at radius 1 is 1.03 bits per heavy atom. The first-order valence-electron chi connectivity index (χ1n) is 8.03. The van der Waals surface area contributed by atoms with Crippen molar-refractivity contribution in [3.8, 4) is 17.1 Å². The van der Waals surface area contributed by atoms with Crippen molar-refractivity contribution in [1.82, 2.24) is 10.1 Å². The minimum absolute atomic E-state index is 0.210. The fourth-order valence-electron chi connectivity index (χ4n) is 2.34. The average molecular weight is 469 g/mol. The van der Waals surface area contributed by atoms with Crippen LogP contribution in [0.2, 0.25) is 0 Å². The Morgan fingerprint density at radius 3 is 2.16 bits per heavy atom. The van der Waals surface area contributed by atoms with Gasteiger partial charge in [0.1, 0.15) is 11.6 Å². The van der Waals surface area contributed by atoms with Gasteiger partial charge in [0.05, 0.1) is 23.3 Å². The van der Waals surface area contributed by atoms with E-state index in [2.05, 4.69) is 19.0 Å². The molecule has 1 atom stereocenters. The molecule has 0 fully saturated rings. The molecule has 0 spiro atoms. The summed E-state index contributed by atoms with van der Waals surface area (Å²) in [5, 5.41) is 3.00. The van der Waals surface area contributed by atoms with Gasteiger partial charge in [0.2, 0.25) is 5.82 Å². The topological polar surface area (TPSA) is 77.6 Å². The Kier molecular flexibility index (Phi) is 5.69. The molecule has 1 heterocycles. The van der Waals surface area contributed by atoms with E-state index < -0.39 is 55.1 Å². The lowest BCUT2D eigenvalue weighted by atomic mass is 10.2. The predicted octanol–water partition coefficient (Wildman–Crippen LogP) is 5.58. The highest BCUT2D eigenvalue weighted by molar-refractivity contribution is 7.94. The Balaban J connectivity index is 2.07. The van der Waals surface area contributed by atoms with E-state index in [0.717, 1.165) is 36.4 Å². The number of nitrogens with zero attached hydrogens (tertiary/aromatic N) is 3. The highest BCUT2D eigenvalue weighted by Gasteiger charge is 2.45. The zero-order chi connectivity index (χ0) is 23.0. The van der Waals surface area contributed by atoms with E-state index >= 15 is 0 Å². The van der Waals surface area contributed by atoms with Crippen molar-refractivity contribution in [3.63, 3.8) is 0 Å². The zero-order valence-corrected chi connectivity index (χ0v) is 16.0. The molecule has 0 amide bonds. The average Bonchev–Trinajstić information content (AvgIpc) is 3.17. The smallest absolute Gasteiger partial charge is 0.484 e. The Labute approximate surface area is 169 Å². The van der Waals surface area contributed by atoms with Gasteiger partial charge in [-0.05, 0) is 36.4 Å². The summed E-state index contributed by atoms with van der Waals surface area (Å²) in [4.78, 5) is 2.30. The van der Waals surface area contributed by atoms with Crippen molar-refractivity contribution in [1.29, 1.82) is 0 Å². The lowest BCUT2D eigenvalue weighted by Crippen LogP contribution is -2.23. The molecule has 1 aromatic heterocycles. The maximum absolute atomic E-state index is 14.4. The van der Waals surface area contributed by atoms with Crippen LogP contribution >= 0.6 is 0 Å². The molecule has 0 saturated heterocycles. The molecular formula is C17H10F7N3O3S. The lowest BCUT2D eigenvalue weighted by Gasteiger charge is -2.14. The molecular weight excluding hydrogens is 459 g/mol. The van der Waals surface area contributed by atoms with Crippen LogP contribution in [0.5, 0.6) is 5.75 Å². The van der Waals surface area contributed by atoms with E-state index in [1.165, 1.54) is 7.11 Å². The molecule has 1 unspecified atom stereocenters. The number of alkyl halides is 6. The van der Waals surface area contributed by atoms with Gasteiger partial charge in [-0.15, -0.1) is 0 Å². The number of hydrogen-bond acceptors (Lipinski definition) is 6. The molecule has 2 aromatic carbocycles. The maximum atomic E-state index is 14.4. The molecule has 0 aliphatic carbocycles. The van der Waals surface area contributed by atoms with Gasteiger partial charge in [0.15, 0.2) is 9.73 Å². The summed E-state index contributed by atoms with van der Waals surface area (Å²) in [6.45, 7) is 0. The van der Waals surface area contributed by atoms with E-state index in [4.69, 9.17) is 4.74 Å². The molecule has 0 N–H and O–H groups in total. The summed E-state index contributed by atoms with van der Waals surface area (Å²) in [5.74, 6) is -3.59. The Bertz CT molecular complexity index is 1210. The van der Waals surface area contributed by atoms with Crippen LogP contribution in [0.1, 0.15) is 5.89 Å². The molecule has 3 rings (SSSR count). The molecule has 0 aliphatic heterocycles.